The molecule has 0 unspecified atom stereocenters. The normalized spacial score (nSPS) is 9.33. The molecule has 0 atom stereocenters. The van der Waals surface area contributed by atoms with Gasteiger partial charge < -0.3 is 4.42 Å². The molecule has 0 spiro atoms. The van der Waals surface area contributed by atoms with Gasteiger partial charge in [0.1, 0.15) is 5.76 Å². The summed E-state index contributed by atoms with van der Waals surface area (Å²) in [6, 6.07) is 9.91. The first-order valence-electron chi connectivity index (χ1n) is 5.27. The number of benzene rings is 1. The molecule has 2 aromatic rings. The highest BCUT2D eigenvalue weighted by atomic mass is 16.4. The number of rotatable bonds is 1. The van der Waals surface area contributed by atoms with Crippen LogP contribution in [-0.4, -0.2) is 4.98 Å². The van der Waals surface area contributed by atoms with Crippen molar-refractivity contribution in [2.75, 3.05) is 0 Å². The smallest absolute Gasteiger partial charge is 0.226 e. The molecule has 2 nitrogen and oxygen atoms in total. The number of hydrogen-bond acceptors (Lipinski definition) is 2. The second kappa shape index (κ2) is 5.35. The Morgan fingerprint density at radius 2 is 1.60 bits per heavy atom. The predicted molar refractivity (Wildman–Crippen MR) is 62.8 cm³/mol. The van der Waals surface area contributed by atoms with Crippen molar-refractivity contribution in [3.63, 3.8) is 0 Å². The Labute approximate surface area is 91.0 Å². The van der Waals surface area contributed by atoms with Crippen molar-refractivity contribution in [3.8, 4) is 11.5 Å². The van der Waals surface area contributed by atoms with E-state index in [-0.39, 0.29) is 0 Å². The predicted octanol–water partition coefficient (Wildman–Crippen LogP) is 3.98. The summed E-state index contributed by atoms with van der Waals surface area (Å²) in [4.78, 5) is 4.31. The summed E-state index contributed by atoms with van der Waals surface area (Å²) in [5.74, 6) is 1.59. The molecule has 1 aromatic heterocycles. The Morgan fingerprint density at radius 1 is 1.00 bits per heavy atom. The van der Waals surface area contributed by atoms with Crippen LogP contribution in [0.3, 0.4) is 0 Å². The average molecular weight is 203 g/mol. The summed E-state index contributed by atoms with van der Waals surface area (Å²) in [6.45, 7) is 7.88. The van der Waals surface area contributed by atoms with Crippen molar-refractivity contribution in [3.05, 3.63) is 41.8 Å². The molecular weight excluding hydrogens is 186 g/mol. The zero-order valence-corrected chi connectivity index (χ0v) is 9.74. The van der Waals surface area contributed by atoms with Gasteiger partial charge in [-0.25, -0.2) is 4.98 Å². The molecule has 0 aliphatic carbocycles. The standard InChI is InChI=1S/C11H11NO.C2H6/c1-8-9(2)13-11(12-8)10-6-4-3-5-7-10;1-2/h3-7H,1-2H3;1-2H3. The van der Waals surface area contributed by atoms with Crippen LogP contribution in [-0.2, 0) is 0 Å². The molecule has 0 amide bonds. The third-order valence-corrected chi connectivity index (χ3v) is 2.05. The maximum Gasteiger partial charge on any atom is 0.226 e. The minimum Gasteiger partial charge on any atom is -0.441 e. The highest BCUT2D eigenvalue weighted by Gasteiger charge is 2.06. The van der Waals surface area contributed by atoms with Crippen molar-refractivity contribution >= 4 is 0 Å². The van der Waals surface area contributed by atoms with Gasteiger partial charge in [0.2, 0.25) is 5.89 Å². The summed E-state index contributed by atoms with van der Waals surface area (Å²) in [6.07, 6.45) is 0. The van der Waals surface area contributed by atoms with Crippen LogP contribution in [0.15, 0.2) is 34.7 Å². The maximum absolute atomic E-state index is 5.49. The maximum atomic E-state index is 5.49. The SMILES string of the molecule is CC.Cc1nc(-c2ccccc2)oc1C. The Morgan fingerprint density at radius 3 is 2.07 bits per heavy atom. The van der Waals surface area contributed by atoms with E-state index in [4.69, 9.17) is 4.42 Å². The Hall–Kier alpha value is -1.57. The molecule has 0 bridgehead atoms. The second-order valence-corrected chi connectivity index (χ2v) is 3.03. The lowest BCUT2D eigenvalue weighted by molar-refractivity contribution is 0.541. The van der Waals surface area contributed by atoms with Crippen molar-refractivity contribution in [2.24, 2.45) is 0 Å². The first-order chi connectivity index (χ1) is 7.27. The summed E-state index contributed by atoms with van der Waals surface area (Å²) in [5.41, 5.74) is 1.98. The molecule has 0 fully saturated rings. The van der Waals surface area contributed by atoms with Crippen LogP contribution < -0.4 is 0 Å². The molecule has 0 aliphatic rings. The summed E-state index contributed by atoms with van der Waals surface area (Å²) < 4.78 is 5.49. The van der Waals surface area contributed by atoms with Gasteiger partial charge in [-0.1, -0.05) is 32.0 Å². The van der Waals surface area contributed by atoms with Crippen LogP contribution in [0.1, 0.15) is 25.3 Å². The average Bonchev–Trinajstić information content (AvgIpc) is 2.63. The van der Waals surface area contributed by atoms with Gasteiger partial charge in [0, 0.05) is 5.56 Å². The number of nitrogens with zero attached hydrogens (tertiary/aromatic N) is 1. The summed E-state index contributed by atoms with van der Waals surface area (Å²) in [5, 5.41) is 0. The lowest BCUT2D eigenvalue weighted by atomic mass is 10.2. The van der Waals surface area contributed by atoms with Crippen molar-refractivity contribution < 1.29 is 4.42 Å². The summed E-state index contributed by atoms with van der Waals surface area (Å²) >= 11 is 0. The Kier molecular flexibility index (Phi) is 4.10. The van der Waals surface area contributed by atoms with E-state index >= 15 is 0 Å². The van der Waals surface area contributed by atoms with Gasteiger partial charge in [-0.05, 0) is 26.0 Å². The van der Waals surface area contributed by atoms with Gasteiger partial charge in [-0.3, -0.25) is 0 Å². The minimum atomic E-state index is 0.704. The number of aryl methyl sites for hydroxylation is 2. The van der Waals surface area contributed by atoms with Gasteiger partial charge in [-0.15, -0.1) is 0 Å². The third-order valence-electron chi connectivity index (χ3n) is 2.05. The molecule has 1 aromatic carbocycles. The number of hydrogen-bond donors (Lipinski definition) is 0. The van der Waals surface area contributed by atoms with Crippen LogP contribution in [0, 0.1) is 13.8 Å². The topological polar surface area (TPSA) is 26.0 Å². The Bertz CT molecular complexity index is 384. The van der Waals surface area contributed by atoms with Gasteiger partial charge in [0.05, 0.1) is 5.69 Å². The monoisotopic (exact) mass is 203 g/mol. The fourth-order valence-corrected chi connectivity index (χ4v) is 1.18. The summed E-state index contributed by atoms with van der Waals surface area (Å²) in [7, 11) is 0. The number of oxazole rings is 1. The van der Waals surface area contributed by atoms with E-state index in [0.717, 1.165) is 17.0 Å². The molecule has 1 heterocycles. The van der Waals surface area contributed by atoms with Crippen LogP contribution in [0.4, 0.5) is 0 Å². The van der Waals surface area contributed by atoms with Crippen LogP contribution >= 0.6 is 0 Å². The van der Waals surface area contributed by atoms with Gasteiger partial charge >= 0.3 is 0 Å². The first-order valence-corrected chi connectivity index (χ1v) is 5.27. The fourth-order valence-electron chi connectivity index (χ4n) is 1.18. The van der Waals surface area contributed by atoms with Gasteiger partial charge in [0.25, 0.3) is 0 Å². The van der Waals surface area contributed by atoms with E-state index in [9.17, 15) is 0 Å². The van der Waals surface area contributed by atoms with E-state index in [0.29, 0.717) is 5.89 Å². The van der Waals surface area contributed by atoms with Crippen LogP contribution in [0.5, 0.6) is 0 Å². The molecule has 0 N–H and O–H groups in total. The highest BCUT2D eigenvalue weighted by Crippen LogP contribution is 2.20. The molecule has 2 rings (SSSR count). The molecular formula is C13H17NO. The molecule has 80 valence electrons. The fraction of sp³-hybridized carbons (Fsp3) is 0.308. The molecule has 0 radical (unpaired) electrons. The van der Waals surface area contributed by atoms with Crippen molar-refractivity contribution in [1.29, 1.82) is 0 Å². The number of aromatic nitrogens is 1. The Balaban J connectivity index is 0.000000531. The zero-order valence-electron chi connectivity index (χ0n) is 9.74. The lowest BCUT2D eigenvalue weighted by Crippen LogP contribution is -1.76. The van der Waals surface area contributed by atoms with E-state index < -0.39 is 0 Å². The van der Waals surface area contributed by atoms with Crippen molar-refractivity contribution in [1.82, 2.24) is 4.98 Å². The van der Waals surface area contributed by atoms with E-state index in [1.54, 1.807) is 0 Å². The molecule has 0 aliphatic heterocycles. The first kappa shape index (κ1) is 11.5. The van der Waals surface area contributed by atoms with E-state index in [1.807, 2.05) is 58.0 Å². The highest BCUT2D eigenvalue weighted by molar-refractivity contribution is 5.53. The zero-order chi connectivity index (χ0) is 11.3. The lowest BCUT2D eigenvalue weighted by Gasteiger charge is -1.91. The van der Waals surface area contributed by atoms with Gasteiger partial charge in [0.15, 0.2) is 0 Å². The van der Waals surface area contributed by atoms with Crippen LogP contribution in [0.25, 0.3) is 11.5 Å². The quantitative estimate of drug-likeness (QED) is 0.700. The second-order valence-electron chi connectivity index (χ2n) is 3.03. The molecule has 0 saturated carbocycles. The van der Waals surface area contributed by atoms with Gasteiger partial charge in [-0.2, -0.15) is 0 Å². The van der Waals surface area contributed by atoms with Crippen molar-refractivity contribution in [2.45, 2.75) is 27.7 Å². The molecule has 0 saturated heterocycles. The van der Waals surface area contributed by atoms with E-state index in [2.05, 4.69) is 4.98 Å². The van der Waals surface area contributed by atoms with E-state index in [1.165, 1.54) is 0 Å². The molecule has 15 heavy (non-hydrogen) atoms. The molecule has 2 heteroatoms. The largest absolute Gasteiger partial charge is 0.441 e. The minimum absolute atomic E-state index is 0.704. The third kappa shape index (κ3) is 2.69. The van der Waals surface area contributed by atoms with Crippen LogP contribution in [0.2, 0.25) is 0 Å².